The molecule has 1 aromatic carbocycles. The van der Waals surface area contributed by atoms with Crippen LogP contribution in [0.1, 0.15) is 18.4 Å². The smallest absolute Gasteiger partial charge is 0.0486 e. The first-order valence-corrected chi connectivity index (χ1v) is 6.69. The Kier molecular flexibility index (Phi) is 4.59. The number of rotatable bonds is 7. The first-order valence-electron chi connectivity index (χ1n) is 6.69. The van der Waals surface area contributed by atoms with E-state index in [-0.39, 0.29) is 0 Å². The lowest BCUT2D eigenvalue weighted by Gasteiger charge is -1.99. The predicted molar refractivity (Wildman–Crippen MR) is 79.0 cm³/mol. The molecule has 18 heavy (non-hydrogen) atoms. The summed E-state index contributed by atoms with van der Waals surface area (Å²) >= 11 is 0. The average Bonchev–Trinajstić information content (AvgIpc) is 2.74. The number of unbranched alkanes of at least 4 members (excludes halogenated alkanes) is 1. The average molecular weight is 242 g/mol. The molecule has 96 valence electrons. The molecule has 0 spiro atoms. The summed E-state index contributed by atoms with van der Waals surface area (Å²) in [5.41, 5.74) is 2.78. The van der Waals surface area contributed by atoms with Gasteiger partial charge in [-0.05, 0) is 44.5 Å². The summed E-state index contributed by atoms with van der Waals surface area (Å²) < 4.78 is 2.29. The van der Waals surface area contributed by atoms with Crippen molar-refractivity contribution in [2.45, 2.75) is 25.8 Å². The lowest BCUT2D eigenvalue weighted by atomic mass is 10.1. The van der Waals surface area contributed by atoms with Gasteiger partial charge in [0.25, 0.3) is 0 Å². The third-order valence-corrected chi connectivity index (χ3v) is 3.32. The normalized spacial score (nSPS) is 10.9. The standard InChI is InChI=1S/C16H22N2/c1-3-12-18-13-14(8-6-7-11-17-2)15-9-4-5-10-16(15)18/h3-5,9-10,13,17H,1,6-8,11-12H2,2H3. The van der Waals surface area contributed by atoms with Gasteiger partial charge in [0.05, 0.1) is 0 Å². The number of aryl methyl sites for hydroxylation is 1. The van der Waals surface area contributed by atoms with Crippen LogP contribution < -0.4 is 5.32 Å². The third-order valence-electron chi connectivity index (χ3n) is 3.32. The second-order valence-corrected chi connectivity index (χ2v) is 4.67. The largest absolute Gasteiger partial charge is 0.343 e. The van der Waals surface area contributed by atoms with Gasteiger partial charge < -0.3 is 9.88 Å². The van der Waals surface area contributed by atoms with Crippen molar-refractivity contribution >= 4 is 10.9 Å². The maximum atomic E-state index is 3.83. The van der Waals surface area contributed by atoms with Crippen LogP contribution in [0.5, 0.6) is 0 Å². The van der Waals surface area contributed by atoms with Gasteiger partial charge in [0, 0.05) is 23.6 Å². The number of hydrogen-bond acceptors (Lipinski definition) is 1. The van der Waals surface area contributed by atoms with Crippen molar-refractivity contribution in [3.8, 4) is 0 Å². The molecule has 0 atom stereocenters. The molecule has 0 aliphatic carbocycles. The van der Waals surface area contributed by atoms with Crippen LogP contribution in [0, 0.1) is 0 Å². The number of aromatic nitrogens is 1. The van der Waals surface area contributed by atoms with Crippen LogP contribution in [0.2, 0.25) is 0 Å². The topological polar surface area (TPSA) is 17.0 Å². The maximum absolute atomic E-state index is 3.83. The van der Waals surface area contributed by atoms with E-state index in [1.807, 2.05) is 13.1 Å². The zero-order valence-electron chi connectivity index (χ0n) is 11.2. The van der Waals surface area contributed by atoms with Crippen molar-refractivity contribution in [2.24, 2.45) is 0 Å². The first-order chi connectivity index (χ1) is 8.86. The molecule has 0 saturated heterocycles. The van der Waals surface area contributed by atoms with Crippen molar-refractivity contribution in [2.75, 3.05) is 13.6 Å². The highest BCUT2D eigenvalue weighted by atomic mass is 14.9. The number of fused-ring (bicyclic) bond motifs is 1. The van der Waals surface area contributed by atoms with Crippen LogP contribution in [0.4, 0.5) is 0 Å². The Bertz CT molecular complexity index is 511. The fourth-order valence-electron chi connectivity index (χ4n) is 2.43. The van der Waals surface area contributed by atoms with E-state index in [1.165, 1.54) is 29.3 Å². The molecule has 0 aliphatic rings. The minimum Gasteiger partial charge on any atom is -0.343 e. The van der Waals surface area contributed by atoms with Gasteiger partial charge in [-0.3, -0.25) is 0 Å². The van der Waals surface area contributed by atoms with Crippen molar-refractivity contribution in [1.82, 2.24) is 9.88 Å². The predicted octanol–water partition coefficient (Wildman–Crippen LogP) is 3.37. The van der Waals surface area contributed by atoms with Gasteiger partial charge in [-0.2, -0.15) is 0 Å². The van der Waals surface area contributed by atoms with Gasteiger partial charge in [0.15, 0.2) is 0 Å². The Morgan fingerprint density at radius 3 is 2.89 bits per heavy atom. The number of nitrogens with one attached hydrogen (secondary N) is 1. The number of benzene rings is 1. The highest BCUT2D eigenvalue weighted by Crippen LogP contribution is 2.22. The van der Waals surface area contributed by atoms with Crippen molar-refractivity contribution < 1.29 is 0 Å². The zero-order chi connectivity index (χ0) is 12.8. The first kappa shape index (κ1) is 12.9. The summed E-state index contributed by atoms with van der Waals surface area (Å²) in [5.74, 6) is 0. The molecule has 2 rings (SSSR count). The van der Waals surface area contributed by atoms with Gasteiger partial charge >= 0.3 is 0 Å². The van der Waals surface area contributed by atoms with E-state index in [9.17, 15) is 0 Å². The third kappa shape index (κ3) is 2.82. The summed E-state index contributed by atoms with van der Waals surface area (Å²) in [6.45, 7) is 5.82. The lowest BCUT2D eigenvalue weighted by Crippen LogP contribution is -2.07. The molecule has 2 nitrogen and oxygen atoms in total. The molecular formula is C16H22N2. The fourth-order valence-corrected chi connectivity index (χ4v) is 2.43. The second-order valence-electron chi connectivity index (χ2n) is 4.67. The van der Waals surface area contributed by atoms with Crippen LogP contribution in [0.3, 0.4) is 0 Å². The number of allylic oxidation sites excluding steroid dienone is 1. The van der Waals surface area contributed by atoms with E-state index in [4.69, 9.17) is 0 Å². The summed E-state index contributed by atoms with van der Waals surface area (Å²) in [6, 6.07) is 8.64. The second kappa shape index (κ2) is 6.41. The molecule has 1 N–H and O–H groups in total. The number of nitrogens with zero attached hydrogens (tertiary/aromatic N) is 1. The van der Waals surface area contributed by atoms with Crippen molar-refractivity contribution in [3.05, 3.63) is 48.7 Å². The number of hydrogen-bond donors (Lipinski definition) is 1. The minimum atomic E-state index is 0.886. The lowest BCUT2D eigenvalue weighted by molar-refractivity contribution is 0.677. The van der Waals surface area contributed by atoms with E-state index >= 15 is 0 Å². The summed E-state index contributed by atoms with van der Waals surface area (Å²) in [7, 11) is 2.01. The van der Waals surface area contributed by atoms with Gasteiger partial charge in [0.1, 0.15) is 0 Å². The summed E-state index contributed by atoms with van der Waals surface area (Å²) in [6.07, 6.45) is 7.87. The molecular weight excluding hydrogens is 220 g/mol. The van der Waals surface area contributed by atoms with Gasteiger partial charge in [0.2, 0.25) is 0 Å². The molecule has 0 aliphatic heterocycles. The Morgan fingerprint density at radius 1 is 1.28 bits per heavy atom. The molecule has 2 heteroatoms. The maximum Gasteiger partial charge on any atom is 0.0486 e. The molecule has 0 amide bonds. The molecule has 2 aromatic rings. The Morgan fingerprint density at radius 2 is 2.11 bits per heavy atom. The fraction of sp³-hybridized carbons (Fsp3) is 0.375. The van der Waals surface area contributed by atoms with Crippen LogP contribution in [0.25, 0.3) is 10.9 Å². The quantitative estimate of drug-likeness (QED) is 0.582. The Labute approximate surface area is 109 Å². The molecule has 0 unspecified atom stereocenters. The highest BCUT2D eigenvalue weighted by molar-refractivity contribution is 5.84. The monoisotopic (exact) mass is 242 g/mol. The Hall–Kier alpha value is -1.54. The van der Waals surface area contributed by atoms with Gasteiger partial charge in [-0.15, -0.1) is 6.58 Å². The summed E-state index contributed by atoms with van der Waals surface area (Å²) in [4.78, 5) is 0. The number of para-hydroxylation sites is 1. The zero-order valence-corrected chi connectivity index (χ0v) is 11.2. The van der Waals surface area contributed by atoms with E-state index in [0.717, 1.165) is 19.5 Å². The molecule has 0 bridgehead atoms. The molecule has 0 fully saturated rings. The highest BCUT2D eigenvalue weighted by Gasteiger charge is 2.06. The van der Waals surface area contributed by atoms with E-state index in [0.29, 0.717) is 0 Å². The molecule has 0 radical (unpaired) electrons. The molecule has 1 aromatic heterocycles. The molecule has 0 saturated carbocycles. The minimum absolute atomic E-state index is 0.886. The van der Waals surface area contributed by atoms with Gasteiger partial charge in [-0.25, -0.2) is 0 Å². The van der Waals surface area contributed by atoms with Crippen molar-refractivity contribution in [1.29, 1.82) is 0 Å². The van der Waals surface area contributed by atoms with Crippen LogP contribution in [-0.2, 0) is 13.0 Å². The van der Waals surface area contributed by atoms with Gasteiger partial charge in [-0.1, -0.05) is 24.3 Å². The molecule has 1 heterocycles. The van der Waals surface area contributed by atoms with E-state index in [1.54, 1.807) is 0 Å². The summed E-state index contributed by atoms with van der Waals surface area (Å²) in [5, 5.41) is 4.59. The van der Waals surface area contributed by atoms with Crippen LogP contribution in [0.15, 0.2) is 43.1 Å². The van der Waals surface area contributed by atoms with Crippen LogP contribution >= 0.6 is 0 Å². The SMILES string of the molecule is C=CCn1cc(CCCCNC)c2ccccc21. The van der Waals surface area contributed by atoms with Crippen LogP contribution in [-0.4, -0.2) is 18.2 Å². The Balaban J connectivity index is 2.18. The van der Waals surface area contributed by atoms with Crippen molar-refractivity contribution in [3.63, 3.8) is 0 Å². The van der Waals surface area contributed by atoms with E-state index in [2.05, 4.69) is 46.9 Å². The van der Waals surface area contributed by atoms with E-state index < -0.39 is 0 Å².